The molecule has 4 rings (SSSR count). The molecule has 1 aliphatic heterocycles. The van der Waals surface area contributed by atoms with Crippen LogP contribution in [0.15, 0.2) is 48.7 Å². The van der Waals surface area contributed by atoms with Gasteiger partial charge in [0.1, 0.15) is 0 Å². The van der Waals surface area contributed by atoms with E-state index in [-0.39, 0.29) is 11.8 Å². The van der Waals surface area contributed by atoms with Gasteiger partial charge in [-0.05, 0) is 48.1 Å². The fourth-order valence-electron chi connectivity index (χ4n) is 4.22. The summed E-state index contributed by atoms with van der Waals surface area (Å²) in [5.41, 5.74) is 4.75. The largest absolute Gasteiger partial charge is 0.361 e. The molecule has 1 N–H and O–H groups in total. The molecule has 3 nitrogen and oxygen atoms in total. The molecule has 0 saturated carbocycles. The number of hydrogen-bond acceptors (Lipinski definition) is 1. The molecule has 0 spiro atoms. The fraction of sp³-hybridized carbons (Fsp3) is 0.348. The topological polar surface area (TPSA) is 36.1 Å². The molecule has 1 aliphatic rings. The Morgan fingerprint density at radius 3 is 2.70 bits per heavy atom. The molecule has 1 amide bonds. The van der Waals surface area contributed by atoms with Gasteiger partial charge in [-0.2, -0.15) is 0 Å². The number of aromatic nitrogens is 1. The van der Waals surface area contributed by atoms with Crippen LogP contribution < -0.4 is 0 Å². The minimum absolute atomic E-state index is 0.00217. The second-order valence-electron chi connectivity index (χ2n) is 7.34. The number of carbonyl (C=O) groups excluding carboxylic acids is 1. The summed E-state index contributed by atoms with van der Waals surface area (Å²) >= 11 is 6.28. The van der Waals surface area contributed by atoms with Gasteiger partial charge in [-0.3, -0.25) is 4.79 Å². The molecule has 1 saturated heterocycles. The van der Waals surface area contributed by atoms with Gasteiger partial charge in [0, 0.05) is 47.6 Å². The van der Waals surface area contributed by atoms with Crippen LogP contribution in [0.25, 0.3) is 10.9 Å². The van der Waals surface area contributed by atoms with Crippen molar-refractivity contribution in [3.8, 4) is 0 Å². The average Bonchev–Trinajstić information content (AvgIpc) is 3.35. The first kappa shape index (κ1) is 18.1. The van der Waals surface area contributed by atoms with Crippen molar-refractivity contribution in [3.05, 3.63) is 70.4 Å². The van der Waals surface area contributed by atoms with E-state index in [2.05, 4.69) is 42.4 Å². The van der Waals surface area contributed by atoms with Crippen LogP contribution in [0, 0.1) is 0 Å². The molecule has 27 heavy (non-hydrogen) atoms. The number of amides is 1. The van der Waals surface area contributed by atoms with Crippen LogP contribution in [0.5, 0.6) is 0 Å². The molecular weight excluding hydrogens is 356 g/mol. The zero-order valence-corrected chi connectivity index (χ0v) is 16.4. The Bertz CT molecular complexity index is 956. The molecule has 0 aliphatic carbocycles. The van der Waals surface area contributed by atoms with E-state index < -0.39 is 0 Å². The molecule has 0 radical (unpaired) electrons. The number of para-hydroxylation sites is 1. The lowest BCUT2D eigenvalue weighted by atomic mass is 9.87. The van der Waals surface area contributed by atoms with Crippen molar-refractivity contribution >= 4 is 28.4 Å². The zero-order chi connectivity index (χ0) is 18.8. The standard InChI is InChI=1S/C23H25ClN2O/c1-2-16-7-6-10-19-21(15-25-23(16)19)20(17-8-5-9-18(24)13-17)14-22(27)26-11-3-4-12-26/h5-10,13,15,20,25H,2-4,11-12,14H2,1H3. The Balaban J connectivity index is 1.77. The van der Waals surface area contributed by atoms with Crippen molar-refractivity contribution in [2.45, 2.75) is 38.5 Å². The molecule has 140 valence electrons. The number of fused-ring (bicyclic) bond motifs is 1. The first-order valence-electron chi connectivity index (χ1n) is 9.79. The van der Waals surface area contributed by atoms with E-state index in [4.69, 9.17) is 11.6 Å². The lowest BCUT2D eigenvalue weighted by Gasteiger charge is -2.21. The lowest BCUT2D eigenvalue weighted by Crippen LogP contribution is -2.29. The monoisotopic (exact) mass is 380 g/mol. The minimum Gasteiger partial charge on any atom is -0.361 e. The van der Waals surface area contributed by atoms with Crippen molar-refractivity contribution in [2.75, 3.05) is 13.1 Å². The Morgan fingerprint density at radius 2 is 1.96 bits per heavy atom. The van der Waals surface area contributed by atoms with Crippen LogP contribution >= 0.6 is 11.6 Å². The van der Waals surface area contributed by atoms with Gasteiger partial charge >= 0.3 is 0 Å². The highest BCUT2D eigenvalue weighted by Crippen LogP contribution is 2.36. The van der Waals surface area contributed by atoms with Gasteiger partial charge in [0.05, 0.1) is 0 Å². The highest BCUT2D eigenvalue weighted by molar-refractivity contribution is 6.30. The summed E-state index contributed by atoms with van der Waals surface area (Å²) in [5.74, 6) is 0.233. The number of hydrogen-bond donors (Lipinski definition) is 1. The van der Waals surface area contributed by atoms with Crippen LogP contribution in [0.4, 0.5) is 0 Å². The zero-order valence-electron chi connectivity index (χ0n) is 15.7. The lowest BCUT2D eigenvalue weighted by molar-refractivity contribution is -0.130. The minimum atomic E-state index is -0.00217. The highest BCUT2D eigenvalue weighted by Gasteiger charge is 2.26. The summed E-state index contributed by atoms with van der Waals surface area (Å²) in [6, 6.07) is 14.3. The number of nitrogens with one attached hydrogen (secondary N) is 1. The van der Waals surface area contributed by atoms with Crippen molar-refractivity contribution in [1.82, 2.24) is 9.88 Å². The second-order valence-corrected chi connectivity index (χ2v) is 7.77. The van der Waals surface area contributed by atoms with Crippen LogP contribution in [0.1, 0.15) is 48.8 Å². The van der Waals surface area contributed by atoms with E-state index in [1.165, 1.54) is 22.0 Å². The van der Waals surface area contributed by atoms with Crippen molar-refractivity contribution in [3.63, 3.8) is 0 Å². The van der Waals surface area contributed by atoms with Crippen LogP contribution in [-0.4, -0.2) is 28.9 Å². The molecule has 1 aromatic heterocycles. The maximum absolute atomic E-state index is 13.0. The normalized spacial score (nSPS) is 15.4. The van der Waals surface area contributed by atoms with Gasteiger partial charge in [0.2, 0.25) is 5.91 Å². The fourth-order valence-corrected chi connectivity index (χ4v) is 4.42. The predicted octanol–water partition coefficient (Wildman–Crippen LogP) is 5.53. The number of likely N-dealkylation sites (tertiary alicyclic amines) is 1. The first-order chi connectivity index (χ1) is 13.2. The molecule has 2 aromatic carbocycles. The third kappa shape index (κ3) is 3.61. The molecule has 1 fully saturated rings. The molecule has 4 heteroatoms. The third-order valence-electron chi connectivity index (χ3n) is 5.68. The van der Waals surface area contributed by atoms with E-state index in [1.807, 2.05) is 23.1 Å². The Kier molecular flexibility index (Phi) is 5.22. The summed E-state index contributed by atoms with van der Waals surface area (Å²) in [7, 11) is 0. The first-order valence-corrected chi connectivity index (χ1v) is 10.2. The molecule has 2 heterocycles. The van der Waals surface area contributed by atoms with Crippen molar-refractivity contribution in [1.29, 1.82) is 0 Å². The van der Waals surface area contributed by atoms with Gasteiger partial charge in [-0.15, -0.1) is 0 Å². The summed E-state index contributed by atoms with van der Waals surface area (Å²) in [4.78, 5) is 18.4. The molecular formula is C23H25ClN2O. The Hall–Kier alpha value is -2.26. The number of halogens is 1. The smallest absolute Gasteiger partial charge is 0.223 e. The summed E-state index contributed by atoms with van der Waals surface area (Å²) in [6.45, 7) is 3.94. The van der Waals surface area contributed by atoms with Gasteiger partial charge in [0.15, 0.2) is 0 Å². The van der Waals surface area contributed by atoms with Gasteiger partial charge in [-0.25, -0.2) is 0 Å². The van der Waals surface area contributed by atoms with E-state index in [1.54, 1.807) is 0 Å². The highest BCUT2D eigenvalue weighted by atomic mass is 35.5. The number of nitrogens with zero attached hydrogens (tertiary/aromatic N) is 1. The SMILES string of the molecule is CCc1cccc2c(C(CC(=O)N3CCCC3)c3cccc(Cl)c3)c[nH]c12. The average molecular weight is 381 g/mol. The maximum atomic E-state index is 13.0. The Morgan fingerprint density at radius 1 is 1.19 bits per heavy atom. The molecule has 1 unspecified atom stereocenters. The number of aryl methyl sites for hydroxylation is 1. The van der Waals surface area contributed by atoms with E-state index in [9.17, 15) is 4.79 Å². The van der Waals surface area contributed by atoms with E-state index >= 15 is 0 Å². The van der Waals surface area contributed by atoms with Crippen LogP contribution in [0.2, 0.25) is 5.02 Å². The maximum Gasteiger partial charge on any atom is 0.223 e. The number of H-pyrrole nitrogens is 1. The second kappa shape index (κ2) is 7.77. The quantitative estimate of drug-likeness (QED) is 0.620. The Labute approximate surface area is 165 Å². The number of carbonyl (C=O) groups is 1. The summed E-state index contributed by atoms with van der Waals surface area (Å²) in [5, 5.41) is 1.91. The molecule has 1 atom stereocenters. The van der Waals surface area contributed by atoms with E-state index in [0.717, 1.165) is 37.9 Å². The molecule has 3 aromatic rings. The number of rotatable bonds is 5. The van der Waals surface area contributed by atoms with Gasteiger partial charge < -0.3 is 9.88 Å². The summed E-state index contributed by atoms with van der Waals surface area (Å²) in [6.07, 6.45) is 5.75. The van der Waals surface area contributed by atoms with Crippen molar-refractivity contribution < 1.29 is 4.79 Å². The predicted molar refractivity (Wildman–Crippen MR) is 111 cm³/mol. The number of aromatic amines is 1. The van der Waals surface area contributed by atoms with Gasteiger partial charge in [0.25, 0.3) is 0 Å². The van der Waals surface area contributed by atoms with E-state index in [0.29, 0.717) is 11.4 Å². The van der Waals surface area contributed by atoms with Crippen LogP contribution in [-0.2, 0) is 11.2 Å². The number of benzene rings is 2. The van der Waals surface area contributed by atoms with Gasteiger partial charge in [-0.1, -0.05) is 48.9 Å². The summed E-state index contributed by atoms with van der Waals surface area (Å²) < 4.78 is 0. The van der Waals surface area contributed by atoms with Crippen LogP contribution in [0.3, 0.4) is 0 Å². The molecule has 0 bridgehead atoms. The third-order valence-corrected chi connectivity index (χ3v) is 5.91. The van der Waals surface area contributed by atoms with Crippen molar-refractivity contribution in [2.24, 2.45) is 0 Å².